The largest absolute Gasteiger partial charge is 0.445 e. The summed E-state index contributed by atoms with van der Waals surface area (Å²) < 4.78 is 45.7. The minimum absolute atomic E-state index is 0.0352. The number of halogens is 3. The van der Waals surface area contributed by atoms with E-state index in [1.165, 1.54) is 12.1 Å². The lowest BCUT2D eigenvalue weighted by atomic mass is 9.76. The lowest BCUT2D eigenvalue weighted by Crippen LogP contribution is -2.53. The minimum Gasteiger partial charge on any atom is -0.445 e. The third-order valence-electron chi connectivity index (χ3n) is 8.49. The number of carbonyl (C=O) groups excluding carboxylic acids is 1. The summed E-state index contributed by atoms with van der Waals surface area (Å²) in [4.78, 5) is 15.4. The first kappa shape index (κ1) is 22.0. The van der Waals surface area contributed by atoms with E-state index in [2.05, 4.69) is 10.2 Å². The van der Waals surface area contributed by atoms with E-state index in [0.29, 0.717) is 11.5 Å². The van der Waals surface area contributed by atoms with Crippen LogP contribution in [0.3, 0.4) is 0 Å². The molecule has 180 valence electrons. The molecule has 7 rings (SSSR count). The zero-order valence-electron chi connectivity index (χ0n) is 19.0. The van der Waals surface area contributed by atoms with E-state index < -0.39 is 11.7 Å². The summed E-state index contributed by atoms with van der Waals surface area (Å²) in [5.74, 6) is 0.441. The normalized spacial score (nSPS) is 28.9. The number of ether oxygens (including phenoxy) is 1. The van der Waals surface area contributed by atoms with Crippen LogP contribution in [0.1, 0.15) is 54.8 Å². The molecule has 2 aromatic carbocycles. The lowest BCUT2D eigenvalue weighted by Gasteiger charge is -2.44. The maximum absolute atomic E-state index is 13.3. The van der Waals surface area contributed by atoms with Gasteiger partial charge in [0.25, 0.3) is 0 Å². The molecule has 1 N–H and O–H groups in total. The van der Waals surface area contributed by atoms with Gasteiger partial charge in [-0.25, -0.2) is 4.79 Å². The molecule has 2 atom stereocenters. The quantitative estimate of drug-likeness (QED) is 0.602. The van der Waals surface area contributed by atoms with Crippen LogP contribution in [-0.4, -0.2) is 36.7 Å². The van der Waals surface area contributed by atoms with Crippen molar-refractivity contribution in [3.8, 4) is 11.1 Å². The lowest BCUT2D eigenvalue weighted by molar-refractivity contribution is -0.137. The first-order valence-corrected chi connectivity index (χ1v) is 12.3. The molecule has 1 unspecified atom stereocenters. The molecule has 2 aromatic rings. The number of fused-ring (bicyclic) bond motifs is 4. The smallest absolute Gasteiger partial charge is 0.416 e. The number of nitrogens with one attached hydrogen (secondary N) is 1. The summed E-state index contributed by atoms with van der Waals surface area (Å²) in [6, 6.07) is 11.1. The van der Waals surface area contributed by atoms with Gasteiger partial charge < -0.3 is 10.1 Å². The molecule has 1 spiro atoms. The van der Waals surface area contributed by atoms with Crippen LogP contribution >= 0.6 is 0 Å². The maximum atomic E-state index is 13.3. The predicted octanol–water partition coefficient (Wildman–Crippen LogP) is 5.96. The van der Waals surface area contributed by atoms with Gasteiger partial charge >= 0.3 is 12.3 Å². The minimum atomic E-state index is -4.38. The summed E-state index contributed by atoms with van der Waals surface area (Å²) in [6.07, 6.45) is 1.37. The Morgan fingerprint density at radius 1 is 1.03 bits per heavy atom. The van der Waals surface area contributed by atoms with Gasteiger partial charge in [-0.1, -0.05) is 24.3 Å². The molecule has 7 heteroatoms. The Hall–Kier alpha value is -2.54. The van der Waals surface area contributed by atoms with E-state index in [9.17, 15) is 18.0 Å². The number of rotatable bonds is 3. The van der Waals surface area contributed by atoms with Crippen LogP contribution in [0, 0.1) is 11.3 Å². The van der Waals surface area contributed by atoms with Gasteiger partial charge in [-0.15, -0.1) is 0 Å². The number of hydrogen-bond acceptors (Lipinski definition) is 3. The second kappa shape index (κ2) is 8.01. The molecule has 3 saturated heterocycles. The highest BCUT2D eigenvalue weighted by molar-refractivity contribution is 5.70. The van der Waals surface area contributed by atoms with Crippen molar-refractivity contribution in [2.45, 2.75) is 56.8 Å². The van der Waals surface area contributed by atoms with Gasteiger partial charge in [-0.3, -0.25) is 4.90 Å². The molecule has 1 amide bonds. The highest BCUT2D eigenvalue weighted by atomic mass is 19.4. The molecule has 4 fully saturated rings. The molecule has 0 aromatic heterocycles. The van der Waals surface area contributed by atoms with Crippen LogP contribution in [0.2, 0.25) is 0 Å². The Bertz CT molecular complexity index is 1100. The van der Waals surface area contributed by atoms with E-state index in [4.69, 9.17) is 4.74 Å². The van der Waals surface area contributed by atoms with Crippen LogP contribution in [0.5, 0.6) is 0 Å². The van der Waals surface area contributed by atoms with E-state index in [1.807, 2.05) is 18.2 Å². The average Bonchev–Trinajstić information content (AvgIpc) is 3.61. The van der Waals surface area contributed by atoms with Gasteiger partial charge in [0.2, 0.25) is 0 Å². The number of piperidine rings is 3. The predicted molar refractivity (Wildman–Crippen MR) is 122 cm³/mol. The fourth-order valence-corrected chi connectivity index (χ4v) is 6.27. The van der Waals surface area contributed by atoms with Gasteiger partial charge in [-0.05, 0) is 103 Å². The second-order valence-electron chi connectivity index (χ2n) is 10.5. The Morgan fingerprint density at radius 2 is 1.79 bits per heavy atom. The molecule has 1 saturated carbocycles. The van der Waals surface area contributed by atoms with Crippen LogP contribution < -0.4 is 5.32 Å². The first-order valence-electron chi connectivity index (χ1n) is 12.3. The summed E-state index contributed by atoms with van der Waals surface area (Å²) >= 11 is 0. The van der Waals surface area contributed by atoms with Crippen molar-refractivity contribution in [3.63, 3.8) is 0 Å². The van der Waals surface area contributed by atoms with Crippen LogP contribution in [0.25, 0.3) is 11.1 Å². The average molecular weight is 471 g/mol. The van der Waals surface area contributed by atoms with Crippen LogP contribution in [-0.2, 0) is 17.3 Å². The number of alkyl carbamates (subject to hydrolysis) is 1. The fourth-order valence-electron chi connectivity index (χ4n) is 6.27. The molecule has 2 aliphatic carbocycles. The van der Waals surface area contributed by atoms with Crippen molar-refractivity contribution < 1.29 is 22.7 Å². The fraction of sp³-hybridized carbons (Fsp3) is 0.519. The summed E-state index contributed by atoms with van der Waals surface area (Å²) in [6.45, 7) is 2.98. The van der Waals surface area contributed by atoms with Crippen LogP contribution in [0.15, 0.2) is 42.5 Å². The second-order valence-corrected chi connectivity index (χ2v) is 10.5. The number of aryl methyl sites for hydroxylation is 1. The van der Waals surface area contributed by atoms with E-state index in [0.717, 1.165) is 80.9 Å². The molecule has 34 heavy (non-hydrogen) atoms. The zero-order valence-corrected chi connectivity index (χ0v) is 19.0. The third kappa shape index (κ3) is 3.98. The van der Waals surface area contributed by atoms with E-state index in [1.54, 1.807) is 6.07 Å². The van der Waals surface area contributed by atoms with Gasteiger partial charge in [0.05, 0.1) is 11.6 Å². The third-order valence-corrected chi connectivity index (χ3v) is 8.49. The molecule has 4 nitrogen and oxygen atoms in total. The van der Waals surface area contributed by atoms with Crippen LogP contribution in [0.4, 0.5) is 18.0 Å². The van der Waals surface area contributed by atoms with Crippen molar-refractivity contribution in [2.24, 2.45) is 11.3 Å². The molecule has 3 aliphatic heterocycles. The van der Waals surface area contributed by atoms with Crippen molar-refractivity contribution in [3.05, 3.63) is 59.2 Å². The van der Waals surface area contributed by atoms with Crippen molar-refractivity contribution in [1.29, 1.82) is 0 Å². The molecular formula is C27H29F3N2O2. The number of benzene rings is 2. The number of amides is 1. The van der Waals surface area contributed by atoms with Gasteiger partial charge in [0.1, 0.15) is 6.10 Å². The van der Waals surface area contributed by atoms with Crippen molar-refractivity contribution in [2.75, 3.05) is 19.6 Å². The molecule has 5 aliphatic rings. The number of alkyl halides is 3. The number of hydrogen-bond donors (Lipinski definition) is 1. The Balaban J connectivity index is 1.26. The Kier molecular flexibility index (Phi) is 5.17. The Morgan fingerprint density at radius 3 is 2.47 bits per heavy atom. The van der Waals surface area contributed by atoms with Gasteiger partial charge in [0, 0.05) is 6.54 Å². The van der Waals surface area contributed by atoms with E-state index >= 15 is 0 Å². The van der Waals surface area contributed by atoms with Crippen molar-refractivity contribution in [1.82, 2.24) is 10.2 Å². The zero-order chi connectivity index (χ0) is 23.5. The number of nitrogens with zero attached hydrogens (tertiary/aromatic N) is 1. The summed E-state index contributed by atoms with van der Waals surface area (Å²) in [5.41, 5.74) is 2.82. The molecular weight excluding hydrogens is 441 g/mol. The van der Waals surface area contributed by atoms with Gasteiger partial charge in [0.15, 0.2) is 0 Å². The molecule has 3 heterocycles. The first-order chi connectivity index (χ1) is 16.3. The monoisotopic (exact) mass is 470 g/mol. The topological polar surface area (TPSA) is 41.6 Å². The van der Waals surface area contributed by atoms with E-state index in [-0.39, 0.29) is 23.7 Å². The Labute approximate surface area is 197 Å². The maximum Gasteiger partial charge on any atom is 0.416 e. The number of carbonyl (C=O) groups is 1. The molecule has 0 radical (unpaired) electrons. The van der Waals surface area contributed by atoms with Crippen molar-refractivity contribution >= 4 is 6.09 Å². The standard InChI is InChI=1S/C27H29F3N2O2/c28-27(29,30)21-3-1-2-19(14-21)20-5-4-17-6-9-26(10-11-26)24(22(17)15-20)31-25(33)34-23-16-32-12-7-18(23)8-13-32/h1-5,14-15,18,23-24H,6-13,16H2,(H,31,33)/t23-,24?/m1/s1. The van der Waals surface area contributed by atoms with Gasteiger partial charge in [-0.2, -0.15) is 13.2 Å². The highest BCUT2D eigenvalue weighted by Gasteiger charge is 2.53. The summed E-state index contributed by atoms with van der Waals surface area (Å²) in [7, 11) is 0. The molecule has 2 bridgehead atoms. The highest BCUT2D eigenvalue weighted by Crippen LogP contribution is 2.61. The summed E-state index contributed by atoms with van der Waals surface area (Å²) in [5, 5.41) is 3.19. The SMILES string of the molecule is O=C(NC1c2cc(-c3cccc(C(F)(F)F)c3)ccc2CCC12CC2)O[C@@H]1CN2CCC1CC2.